The van der Waals surface area contributed by atoms with Crippen molar-refractivity contribution < 1.29 is 27.5 Å². The standard InChI is InChI=1S/C45H86O6Si3/c1-33(2)54(34(3)4,35(5)6)50-42(29-40(46)25-22-36(7)28-38(9)48-32-39-23-26-41(47-17)27-24-39)30-45(16,51-53(20,21)44(13,14)15)37(8)31-49-52(18,19)43(10,11)12/h22-27,33-38,42H,28-32H2,1-21H3/b25-22+/t36-,37-,38-,42-,45+/m0/s1. The minimum atomic E-state index is -2.34. The van der Waals surface area contributed by atoms with Crippen molar-refractivity contribution in [1.82, 2.24) is 0 Å². The molecule has 0 aliphatic heterocycles. The van der Waals surface area contributed by atoms with E-state index >= 15 is 0 Å². The second-order valence-electron chi connectivity index (χ2n) is 20.6. The van der Waals surface area contributed by atoms with E-state index in [9.17, 15) is 4.79 Å². The van der Waals surface area contributed by atoms with Crippen molar-refractivity contribution in [1.29, 1.82) is 0 Å². The zero-order chi connectivity index (χ0) is 42.1. The minimum Gasteiger partial charge on any atom is -0.497 e. The third-order valence-corrected chi connectivity index (χ3v) is 28.2. The Hall–Kier alpha value is -1.08. The van der Waals surface area contributed by atoms with Crippen LogP contribution in [0.15, 0.2) is 36.4 Å². The zero-order valence-corrected chi connectivity index (χ0v) is 42.0. The van der Waals surface area contributed by atoms with E-state index in [1.165, 1.54) is 0 Å². The molecule has 54 heavy (non-hydrogen) atoms. The average molecular weight is 807 g/mol. The normalized spacial score (nSPS) is 17.3. The van der Waals surface area contributed by atoms with E-state index in [2.05, 4.69) is 143 Å². The molecule has 1 rings (SSSR count). The second kappa shape index (κ2) is 20.6. The Labute approximate surface area is 337 Å². The molecule has 0 unspecified atom stereocenters. The van der Waals surface area contributed by atoms with Crippen molar-refractivity contribution in [3.63, 3.8) is 0 Å². The molecule has 0 fully saturated rings. The number of carbonyl (C=O) groups is 1. The highest BCUT2D eigenvalue weighted by molar-refractivity contribution is 6.77. The first kappa shape index (κ1) is 50.9. The monoisotopic (exact) mass is 807 g/mol. The number of benzene rings is 1. The summed E-state index contributed by atoms with van der Waals surface area (Å²) in [4.78, 5) is 14.0. The Morgan fingerprint density at radius 2 is 1.26 bits per heavy atom. The average Bonchev–Trinajstić information content (AvgIpc) is 3.02. The van der Waals surface area contributed by atoms with Gasteiger partial charge in [0, 0.05) is 25.4 Å². The molecule has 0 aromatic heterocycles. The van der Waals surface area contributed by atoms with E-state index in [4.69, 9.17) is 22.8 Å². The van der Waals surface area contributed by atoms with Gasteiger partial charge in [0.25, 0.3) is 0 Å². The number of carbonyl (C=O) groups excluding carboxylic acids is 1. The Kier molecular flexibility index (Phi) is 19.4. The maximum Gasteiger partial charge on any atom is 0.200 e. The van der Waals surface area contributed by atoms with Crippen LogP contribution in [0.2, 0.25) is 52.9 Å². The maximum absolute atomic E-state index is 14.0. The summed E-state index contributed by atoms with van der Waals surface area (Å²) in [5, 5.41) is 0.142. The first-order valence-corrected chi connectivity index (χ1v) is 28.9. The fourth-order valence-electron chi connectivity index (χ4n) is 7.30. The van der Waals surface area contributed by atoms with Crippen molar-refractivity contribution >= 4 is 30.7 Å². The van der Waals surface area contributed by atoms with E-state index in [1.807, 2.05) is 24.3 Å². The SMILES string of the molecule is COc1ccc(CO[C@@H](C)C[C@@H](C)/C=C/C(=O)C[C@@H](C[C@@](C)(O[Si](C)(C)C(C)(C)C)[C@@H](C)CO[Si](C)(C)C(C)(C)C)O[Si](C(C)C)(C(C)C)C(C)C)cc1. The van der Waals surface area contributed by atoms with Gasteiger partial charge < -0.3 is 22.8 Å². The van der Waals surface area contributed by atoms with Crippen LogP contribution in [-0.2, 0) is 29.4 Å². The molecule has 1 aromatic carbocycles. The van der Waals surface area contributed by atoms with Crippen molar-refractivity contribution in [3.05, 3.63) is 42.0 Å². The number of ether oxygens (including phenoxy) is 2. The van der Waals surface area contributed by atoms with E-state index < -0.39 is 30.6 Å². The van der Waals surface area contributed by atoms with Gasteiger partial charge >= 0.3 is 0 Å². The summed E-state index contributed by atoms with van der Waals surface area (Å²) < 4.78 is 33.4. The van der Waals surface area contributed by atoms with Crippen molar-refractivity contribution in [3.8, 4) is 5.75 Å². The van der Waals surface area contributed by atoms with Crippen LogP contribution in [0.25, 0.3) is 0 Å². The number of rotatable bonds is 23. The highest BCUT2D eigenvalue weighted by Crippen LogP contribution is 2.47. The molecule has 0 heterocycles. The van der Waals surface area contributed by atoms with Gasteiger partial charge in [-0.15, -0.1) is 0 Å². The fraction of sp³-hybridized carbons (Fsp3) is 0.800. The van der Waals surface area contributed by atoms with Crippen LogP contribution in [-0.4, -0.2) is 62.3 Å². The van der Waals surface area contributed by atoms with Crippen molar-refractivity contribution in [2.45, 2.75) is 207 Å². The molecular formula is C45H86O6Si3. The zero-order valence-electron chi connectivity index (χ0n) is 39.0. The lowest BCUT2D eigenvalue weighted by Crippen LogP contribution is -2.56. The van der Waals surface area contributed by atoms with Gasteiger partial charge in [0.2, 0.25) is 8.32 Å². The third-order valence-electron chi connectivity index (χ3n) is 13.0. The molecule has 0 amide bonds. The summed E-state index contributed by atoms with van der Waals surface area (Å²) in [6.07, 6.45) is 5.45. The highest BCUT2D eigenvalue weighted by atomic mass is 28.4. The first-order valence-electron chi connectivity index (χ1n) is 20.9. The largest absolute Gasteiger partial charge is 0.497 e. The van der Waals surface area contributed by atoms with Gasteiger partial charge in [0.1, 0.15) is 5.75 Å². The van der Waals surface area contributed by atoms with Gasteiger partial charge in [-0.25, -0.2) is 0 Å². The number of ketones is 1. The van der Waals surface area contributed by atoms with Gasteiger partial charge in [0.15, 0.2) is 22.4 Å². The molecule has 0 aliphatic rings. The topological polar surface area (TPSA) is 63.2 Å². The van der Waals surface area contributed by atoms with Crippen LogP contribution in [0.4, 0.5) is 0 Å². The Morgan fingerprint density at radius 1 is 0.759 bits per heavy atom. The summed E-state index contributed by atoms with van der Waals surface area (Å²) in [5.41, 5.74) is 1.77. The molecule has 0 bridgehead atoms. The number of hydrogen-bond donors (Lipinski definition) is 0. The fourth-order valence-corrected chi connectivity index (χ4v) is 15.7. The van der Waals surface area contributed by atoms with Crippen LogP contribution in [0.1, 0.15) is 136 Å². The molecule has 0 saturated carbocycles. The first-order chi connectivity index (χ1) is 24.4. The molecule has 1 aromatic rings. The van der Waals surface area contributed by atoms with E-state index in [-0.39, 0.29) is 39.9 Å². The molecule has 5 atom stereocenters. The number of allylic oxidation sites excluding steroid dienone is 2. The van der Waals surface area contributed by atoms with Crippen LogP contribution in [0, 0.1) is 11.8 Å². The maximum atomic E-state index is 14.0. The molecule has 314 valence electrons. The second-order valence-corrected chi connectivity index (χ2v) is 35.6. The number of hydrogen-bond acceptors (Lipinski definition) is 6. The van der Waals surface area contributed by atoms with Gasteiger partial charge in [-0.2, -0.15) is 0 Å². The van der Waals surface area contributed by atoms with E-state index in [0.29, 0.717) is 42.7 Å². The Morgan fingerprint density at radius 3 is 1.70 bits per heavy atom. The smallest absolute Gasteiger partial charge is 0.200 e. The summed E-state index contributed by atoms with van der Waals surface area (Å²) in [5.74, 6) is 1.24. The van der Waals surface area contributed by atoms with Crippen LogP contribution in [0.5, 0.6) is 5.75 Å². The third kappa shape index (κ3) is 14.7. The minimum absolute atomic E-state index is 0.0289. The summed E-state index contributed by atoms with van der Waals surface area (Å²) in [6.45, 7) is 47.1. The van der Waals surface area contributed by atoms with Crippen molar-refractivity contribution in [2.24, 2.45) is 11.8 Å². The predicted molar refractivity (Wildman–Crippen MR) is 239 cm³/mol. The van der Waals surface area contributed by atoms with Crippen LogP contribution >= 0.6 is 0 Å². The molecule has 0 N–H and O–H groups in total. The lowest BCUT2D eigenvalue weighted by Gasteiger charge is -2.50. The Balaban J connectivity index is 3.46. The highest BCUT2D eigenvalue weighted by Gasteiger charge is 2.51. The van der Waals surface area contributed by atoms with Gasteiger partial charge in [-0.1, -0.05) is 115 Å². The van der Waals surface area contributed by atoms with Crippen molar-refractivity contribution in [2.75, 3.05) is 13.7 Å². The number of methoxy groups -OCH3 is 1. The van der Waals surface area contributed by atoms with Gasteiger partial charge in [0.05, 0.1) is 31.5 Å². The molecule has 0 spiro atoms. The molecule has 6 nitrogen and oxygen atoms in total. The van der Waals surface area contributed by atoms with Crippen LogP contribution < -0.4 is 4.74 Å². The van der Waals surface area contributed by atoms with E-state index in [1.54, 1.807) is 13.2 Å². The molecular weight excluding hydrogens is 721 g/mol. The quantitative estimate of drug-likeness (QED) is 0.0811. The summed E-state index contributed by atoms with van der Waals surface area (Å²) in [7, 11) is -4.89. The lowest BCUT2D eigenvalue weighted by molar-refractivity contribution is -0.117. The predicted octanol–water partition coefficient (Wildman–Crippen LogP) is 13.5. The van der Waals surface area contributed by atoms with Gasteiger partial charge in [-0.3, -0.25) is 4.79 Å². The lowest BCUT2D eigenvalue weighted by atomic mass is 9.85. The Bertz CT molecular complexity index is 1270. The molecule has 0 aliphatic carbocycles. The molecule has 0 saturated heterocycles. The van der Waals surface area contributed by atoms with Gasteiger partial charge in [-0.05, 0) is 103 Å². The van der Waals surface area contributed by atoms with Crippen LogP contribution in [0.3, 0.4) is 0 Å². The summed E-state index contributed by atoms with van der Waals surface area (Å²) >= 11 is 0. The van der Waals surface area contributed by atoms with E-state index in [0.717, 1.165) is 17.7 Å². The summed E-state index contributed by atoms with van der Waals surface area (Å²) in [6, 6.07) is 7.98. The molecule has 0 radical (unpaired) electrons. The molecule has 9 heteroatoms.